The molecule has 1 aromatic heterocycles. The lowest BCUT2D eigenvalue weighted by Crippen LogP contribution is -2.29. The van der Waals surface area contributed by atoms with Gasteiger partial charge in [0.25, 0.3) is 5.78 Å². The van der Waals surface area contributed by atoms with Crippen LogP contribution < -0.4 is 9.64 Å². The Kier molecular flexibility index (Phi) is 7.30. The van der Waals surface area contributed by atoms with Gasteiger partial charge in [0.2, 0.25) is 0 Å². The zero-order valence-corrected chi connectivity index (χ0v) is 20.6. The maximum atomic E-state index is 13.3. The standard InChI is InChI=1S/C27H24N2O6S/c1-4-14-35-26(33)24-16(3)28-27(36-24)29-21(18-12-9-13-19(15-18)34-5-2)20(23(31)25(29)32)22(30)17-10-7-6-8-11-17/h4,6-13,15,21,30H,1,5,14H2,2-3H3. The molecule has 1 aliphatic rings. The van der Waals surface area contributed by atoms with Crippen LogP contribution in [0.1, 0.15) is 39.5 Å². The molecule has 1 N–H and O–H groups in total. The van der Waals surface area contributed by atoms with Crippen LogP contribution in [0, 0.1) is 6.92 Å². The third kappa shape index (κ3) is 4.65. The number of hydrogen-bond donors (Lipinski definition) is 1. The zero-order chi connectivity index (χ0) is 25.8. The number of amides is 1. The van der Waals surface area contributed by atoms with Gasteiger partial charge in [0.15, 0.2) is 5.13 Å². The predicted octanol–water partition coefficient (Wildman–Crippen LogP) is 4.82. The van der Waals surface area contributed by atoms with Crippen molar-refractivity contribution in [3.63, 3.8) is 0 Å². The monoisotopic (exact) mass is 504 g/mol. The molecule has 9 heteroatoms. The first kappa shape index (κ1) is 24.9. The van der Waals surface area contributed by atoms with Crippen LogP contribution in [0.5, 0.6) is 5.75 Å². The van der Waals surface area contributed by atoms with Crippen molar-refractivity contribution in [2.45, 2.75) is 19.9 Å². The highest BCUT2D eigenvalue weighted by Crippen LogP contribution is 2.44. The molecular weight excluding hydrogens is 480 g/mol. The number of aliphatic hydroxyl groups excluding tert-OH is 1. The number of anilines is 1. The Labute approximate surface area is 212 Å². The second kappa shape index (κ2) is 10.6. The summed E-state index contributed by atoms with van der Waals surface area (Å²) >= 11 is 0.941. The van der Waals surface area contributed by atoms with E-state index in [1.54, 1.807) is 61.5 Å². The Balaban J connectivity index is 1.89. The molecule has 1 aliphatic heterocycles. The summed E-state index contributed by atoms with van der Waals surface area (Å²) < 4.78 is 10.8. The second-order valence-electron chi connectivity index (χ2n) is 7.84. The fourth-order valence-electron chi connectivity index (χ4n) is 3.91. The van der Waals surface area contributed by atoms with E-state index in [-0.39, 0.29) is 27.9 Å². The summed E-state index contributed by atoms with van der Waals surface area (Å²) in [7, 11) is 0. The first-order valence-electron chi connectivity index (χ1n) is 11.2. The van der Waals surface area contributed by atoms with E-state index in [9.17, 15) is 19.5 Å². The van der Waals surface area contributed by atoms with Crippen LogP contribution in [-0.2, 0) is 14.3 Å². The molecular formula is C27H24N2O6S. The number of carbonyl (C=O) groups excluding carboxylic acids is 3. The van der Waals surface area contributed by atoms with Gasteiger partial charge in [0.05, 0.1) is 23.9 Å². The number of aryl methyl sites for hydroxylation is 1. The van der Waals surface area contributed by atoms with Crippen LogP contribution in [0.4, 0.5) is 5.13 Å². The van der Waals surface area contributed by atoms with E-state index in [1.165, 1.54) is 11.0 Å². The topological polar surface area (TPSA) is 106 Å². The van der Waals surface area contributed by atoms with E-state index >= 15 is 0 Å². The van der Waals surface area contributed by atoms with E-state index in [0.717, 1.165) is 11.3 Å². The lowest BCUT2D eigenvalue weighted by molar-refractivity contribution is -0.132. The fourth-order valence-corrected chi connectivity index (χ4v) is 4.90. The molecule has 0 radical (unpaired) electrons. The summed E-state index contributed by atoms with van der Waals surface area (Å²) in [6, 6.07) is 14.5. The summed E-state index contributed by atoms with van der Waals surface area (Å²) in [5, 5.41) is 11.3. The number of esters is 1. The molecule has 184 valence electrons. The van der Waals surface area contributed by atoms with Gasteiger partial charge in [-0.1, -0.05) is 66.5 Å². The van der Waals surface area contributed by atoms with Gasteiger partial charge in [-0.2, -0.15) is 0 Å². The number of aromatic nitrogens is 1. The molecule has 1 unspecified atom stereocenters. The number of hydrogen-bond acceptors (Lipinski definition) is 8. The minimum absolute atomic E-state index is 0.0251. The Morgan fingerprint density at radius 2 is 1.94 bits per heavy atom. The SMILES string of the molecule is C=CCOC(=O)c1sc(N2C(=O)C(=O)C(=C(O)c3ccccc3)C2c2cccc(OCC)c2)nc1C. The van der Waals surface area contributed by atoms with Crippen molar-refractivity contribution in [3.05, 3.63) is 94.5 Å². The summed E-state index contributed by atoms with van der Waals surface area (Å²) in [5.74, 6) is -2.08. The number of rotatable bonds is 8. The van der Waals surface area contributed by atoms with Crippen LogP contribution in [-0.4, -0.2) is 41.0 Å². The van der Waals surface area contributed by atoms with Crippen LogP contribution >= 0.6 is 11.3 Å². The largest absolute Gasteiger partial charge is 0.507 e. The first-order chi connectivity index (χ1) is 17.4. The van der Waals surface area contributed by atoms with Gasteiger partial charge in [-0.25, -0.2) is 9.78 Å². The molecule has 3 aromatic rings. The number of thiazole rings is 1. The maximum Gasteiger partial charge on any atom is 0.350 e. The first-order valence-corrected chi connectivity index (χ1v) is 12.0. The molecule has 2 heterocycles. The Hall–Kier alpha value is -4.24. The van der Waals surface area contributed by atoms with Gasteiger partial charge in [-0.05, 0) is 31.5 Å². The number of Topliss-reactive ketones (excluding diaryl/α,β-unsaturated/α-hetero) is 1. The normalized spacial score (nSPS) is 16.7. The van der Waals surface area contributed by atoms with E-state index in [0.29, 0.717) is 29.2 Å². The van der Waals surface area contributed by atoms with Gasteiger partial charge < -0.3 is 14.6 Å². The highest BCUT2D eigenvalue weighted by molar-refractivity contribution is 7.17. The van der Waals surface area contributed by atoms with E-state index in [2.05, 4.69) is 11.6 Å². The summed E-state index contributed by atoms with van der Waals surface area (Å²) in [6.07, 6.45) is 1.45. The zero-order valence-electron chi connectivity index (χ0n) is 19.8. The lowest BCUT2D eigenvalue weighted by atomic mass is 9.95. The molecule has 0 aliphatic carbocycles. The number of nitrogens with zero attached hydrogens (tertiary/aromatic N) is 2. The molecule has 36 heavy (non-hydrogen) atoms. The Bertz CT molecular complexity index is 1360. The second-order valence-corrected chi connectivity index (χ2v) is 8.82. The smallest absolute Gasteiger partial charge is 0.350 e. The third-order valence-corrected chi connectivity index (χ3v) is 6.62. The molecule has 1 amide bonds. The summed E-state index contributed by atoms with van der Waals surface area (Å²) in [6.45, 7) is 7.45. The highest BCUT2D eigenvalue weighted by Gasteiger charge is 2.48. The molecule has 2 aromatic carbocycles. The van der Waals surface area contributed by atoms with Crippen molar-refractivity contribution in [2.75, 3.05) is 18.1 Å². The molecule has 1 saturated heterocycles. The number of benzene rings is 2. The number of ether oxygens (including phenoxy) is 2. The number of ketones is 1. The molecule has 0 bridgehead atoms. The highest BCUT2D eigenvalue weighted by atomic mass is 32.1. The van der Waals surface area contributed by atoms with Gasteiger partial charge in [-0.15, -0.1) is 0 Å². The fraction of sp³-hybridized carbons (Fsp3) is 0.185. The quantitative estimate of drug-likeness (QED) is 0.154. The van der Waals surface area contributed by atoms with Crippen LogP contribution in [0.2, 0.25) is 0 Å². The molecule has 1 fully saturated rings. The van der Waals surface area contributed by atoms with E-state index in [4.69, 9.17) is 9.47 Å². The molecule has 4 rings (SSSR count). The van der Waals surface area contributed by atoms with Crippen molar-refractivity contribution in [1.82, 2.24) is 4.98 Å². The van der Waals surface area contributed by atoms with E-state index < -0.39 is 23.7 Å². The number of aliphatic hydroxyl groups is 1. The van der Waals surface area contributed by atoms with Crippen molar-refractivity contribution in [1.29, 1.82) is 0 Å². The molecule has 8 nitrogen and oxygen atoms in total. The molecule has 0 spiro atoms. The van der Waals surface area contributed by atoms with Gasteiger partial charge >= 0.3 is 11.9 Å². The number of carbonyl (C=O) groups is 3. The van der Waals surface area contributed by atoms with Crippen molar-refractivity contribution in [3.8, 4) is 5.75 Å². The third-order valence-electron chi connectivity index (χ3n) is 5.49. The minimum atomic E-state index is -0.992. The average molecular weight is 505 g/mol. The Morgan fingerprint density at radius 3 is 2.64 bits per heavy atom. The van der Waals surface area contributed by atoms with Crippen LogP contribution in [0.3, 0.4) is 0 Å². The Morgan fingerprint density at radius 1 is 1.19 bits per heavy atom. The van der Waals surface area contributed by atoms with Gasteiger partial charge in [0.1, 0.15) is 23.0 Å². The van der Waals surface area contributed by atoms with Gasteiger partial charge in [0, 0.05) is 5.56 Å². The molecule has 0 saturated carbocycles. The minimum Gasteiger partial charge on any atom is -0.507 e. The van der Waals surface area contributed by atoms with Crippen LogP contribution in [0.25, 0.3) is 5.76 Å². The summed E-state index contributed by atoms with van der Waals surface area (Å²) in [5.41, 5.74) is 1.21. The van der Waals surface area contributed by atoms with E-state index in [1.807, 2.05) is 6.92 Å². The van der Waals surface area contributed by atoms with Gasteiger partial charge in [-0.3, -0.25) is 14.5 Å². The predicted molar refractivity (Wildman–Crippen MR) is 136 cm³/mol. The average Bonchev–Trinajstić information content (AvgIpc) is 3.39. The van der Waals surface area contributed by atoms with Crippen molar-refractivity contribution in [2.24, 2.45) is 0 Å². The maximum absolute atomic E-state index is 13.3. The summed E-state index contributed by atoms with van der Waals surface area (Å²) in [4.78, 5) is 45.0. The van der Waals surface area contributed by atoms with Crippen LogP contribution in [0.15, 0.2) is 72.8 Å². The van der Waals surface area contributed by atoms with Crippen molar-refractivity contribution >= 4 is 39.9 Å². The van der Waals surface area contributed by atoms with Crippen molar-refractivity contribution < 1.29 is 29.0 Å². The lowest BCUT2D eigenvalue weighted by Gasteiger charge is -2.23. The molecule has 1 atom stereocenters.